The molecule has 0 unspecified atom stereocenters. The molecule has 5 nitrogen and oxygen atoms in total. The van der Waals surface area contributed by atoms with Gasteiger partial charge in [-0.1, -0.05) is 0 Å². The van der Waals surface area contributed by atoms with Crippen molar-refractivity contribution >= 4 is 45.6 Å². The van der Waals surface area contributed by atoms with Crippen molar-refractivity contribution in [3.05, 3.63) is 0 Å². The summed E-state index contributed by atoms with van der Waals surface area (Å²) >= 11 is 0. The molecule has 0 heterocycles. The van der Waals surface area contributed by atoms with Crippen molar-refractivity contribution in [3.8, 4) is 0 Å². The quantitative estimate of drug-likeness (QED) is 0.341. The van der Waals surface area contributed by atoms with Gasteiger partial charge in [0.1, 0.15) is 0 Å². The molecule has 0 spiro atoms. The van der Waals surface area contributed by atoms with Crippen molar-refractivity contribution in [1.82, 2.24) is 5.32 Å². The Balaban J connectivity index is 0. The number of amides is 1. The summed E-state index contributed by atoms with van der Waals surface area (Å²) in [6.07, 6.45) is 0.235. The van der Waals surface area contributed by atoms with E-state index in [1.807, 2.05) is 0 Å². The third-order valence-electron chi connectivity index (χ3n) is 0.953. The van der Waals surface area contributed by atoms with E-state index in [0.717, 1.165) is 0 Å². The molecule has 0 rings (SSSR count). The second kappa shape index (κ2) is 6.85. The van der Waals surface area contributed by atoms with E-state index in [4.69, 9.17) is 4.55 Å². The number of nitrogens with one attached hydrogen (secondary N) is 1. The molecule has 0 aliphatic heterocycles. The van der Waals surface area contributed by atoms with Gasteiger partial charge in [0.15, 0.2) is 0 Å². The van der Waals surface area contributed by atoms with Gasteiger partial charge in [0, 0.05) is 13.5 Å². The van der Waals surface area contributed by atoms with E-state index < -0.39 is 10.1 Å². The van der Waals surface area contributed by atoms with Crippen LogP contribution in [-0.4, -0.2) is 60.7 Å². The van der Waals surface area contributed by atoms with E-state index in [1.165, 1.54) is 6.92 Å². The van der Waals surface area contributed by atoms with Crippen LogP contribution in [0.4, 0.5) is 0 Å². The molecular weight excluding hydrogens is 193 g/mol. The number of carbonyl (C=O) groups is 1. The van der Waals surface area contributed by atoms with Crippen LogP contribution in [0, 0.1) is 0 Å². The van der Waals surface area contributed by atoms with Crippen LogP contribution in [0.2, 0.25) is 0 Å². The number of hydrogen-bond donors (Lipinski definition) is 2. The second-order valence-electron chi connectivity index (χ2n) is 2.12. The molecule has 12 heavy (non-hydrogen) atoms. The molecule has 1 amide bonds. The Morgan fingerprint density at radius 2 is 2.00 bits per heavy atom. The minimum atomic E-state index is -3.87. The average molecular weight is 205 g/mol. The zero-order valence-electron chi connectivity index (χ0n) is 6.20. The Bertz CT molecular complexity index is 226. The van der Waals surface area contributed by atoms with Crippen LogP contribution in [-0.2, 0) is 14.9 Å². The van der Waals surface area contributed by atoms with Gasteiger partial charge in [0.25, 0.3) is 10.1 Å². The Kier molecular flexibility index (Phi) is 8.49. The molecule has 68 valence electrons. The molecule has 0 aromatic heterocycles. The zero-order chi connectivity index (χ0) is 8.91. The van der Waals surface area contributed by atoms with Crippen LogP contribution in [0.1, 0.15) is 13.3 Å². The van der Waals surface area contributed by atoms with Gasteiger partial charge in [0.2, 0.25) is 5.91 Å². The van der Waals surface area contributed by atoms with Crippen molar-refractivity contribution in [2.45, 2.75) is 13.3 Å². The second-order valence-corrected chi connectivity index (χ2v) is 3.69. The van der Waals surface area contributed by atoms with Gasteiger partial charge in [-0.15, -0.1) is 0 Å². The van der Waals surface area contributed by atoms with E-state index in [0.29, 0.717) is 0 Å². The van der Waals surface area contributed by atoms with Crippen molar-refractivity contribution in [3.63, 3.8) is 0 Å². The summed E-state index contributed by atoms with van der Waals surface area (Å²) in [5.41, 5.74) is 0. The topological polar surface area (TPSA) is 83.5 Å². The SMILES string of the molecule is CC(=O)NCCCS(=O)(=O)O.[NaH]. The van der Waals surface area contributed by atoms with Gasteiger partial charge in [-0.3, -0.25) is 9.35 Å². The molecule has 0 saturated heterocycles. The molecule has 2 N–H and O–H groups in total. The minimum absolute atomic E-state index is 0. The fraction of sp³-hybridized carbons (Fsp3) is 0.800. The van der Waals surface area contributed by atoms with Gasteiger partial charge in [0.05, 0.1) is 5.75 Å². The van der Waals surface area contributed by atoms with Crippen LogP contribution in [0.15, 0.2) is 0 Å². The van der Waals surface area contributed by atoms with Gasteiger partial charge in [-0.05, 0) is 6.42 Å². The molecular formula is C5H12NNaO4S. The normalized spacial score (nSPS) is 10.2. The molecule has 0 aromatic carbocycles. The van der Waals surface area contributed by atoms with Crippen LogP contribution >= 0.6 is 0 Å². The molecule has 0 aliphatic carbocycles. The molecule has 0 saturated carbocycles. The molecule has 0 aromatic rings. The maximum absolute atomic E-state index is 10.2. The Labute approximate surface area is 94.0 Å². The predicted molar refractivity (Wildman–Crippen MR) is 46.9 cm³/mol. The van der Waals surface area contributed by atoms with Crippen molar-refractivity contribution in [2.75, 3.05) is 12.3 Å². The first-order chi connectivity index (χ1) is 4.92. The summed E-state index contributed by atoms with van der Waals surface area (Å²) in [6, 6.07) is 0. The Morgan fingerprint density at radius 3 is 2.33 bits per heavy atom. The summed E-state index contributed by atoms with van der Waals surface area (Å²) in [5, 5.41) is 2.40. The standard InChI is InChI=1S/C5H11NO4S.Na.H/c1-5(7)6-3-2-4-11(8,9)10;;/h2-4H2,1H3,(H,6,7)(H,8,9,10);;. The van der Waals surface area contributed by atoms with Crippen LogP contribution in [0.5, 0.6) is 0 Å². The number of hydrogen-bond acceptors (Lipinski definition) is 3. The van der Waals surface area contributed by atoms with Gasteiger partial charge in [-0.25, -0.2) is 0 Å². The summed E-state index contributed by atoms with van der Waals surface area (Å²) in [5.74, 6) is -0.520. The number of rotatable bonds is 4. The monoisotopic (exact) mass is 205 g/mol. The van der Waals surface area contributed by atoms with E-state index in [-0.39, 0.29) is 54.2 Å². The van der Waals surface area contributed by atoms with Gasteiger partial charge < -0.3 is 5.32 Å². The van der Waals surface area contributed by atoms with Crippen LogP contribution < -0.4 is 5.32 Å². The first-order valence-electron chi connectivity index (χ1n) is 3.11. The van der Waals surface area contributed by atoms with Crippen molar-refractivity contribution in [1.29, 1.82) is 0 Å². The Hall–Kier alpha value is 0.380. The van der Waals surface area contributed by atoms with Crippen molar-refractivity contribution in [2.24, 2.45) is 0 Å². The molecule has 7 heteroatoms. The summed E-state index contributed by atoms with van der Waals surface area (Å²) < 4.78 is 28.5. The van der Waals surface area contributed by atoms with Crippen LogP contribution in [0.25, 0.3) is 0 Å². The zero-order valence-corrected chi connectivity index (χ0v) is 7.02. The fourth-order valence-electron chi connectivity index (χ4n) is 0.519. The summed E-state index contributed by atoms with van der Waals surface area (Å²) in [6.45, 7) is 1.61. The average Bonchev–Trinajstić information content (AvgIpc) is 1.78. The Morgan fingerprint density at radius 1 is 1.50 bits per heavy atom. The van der Waals surface area contributed by atoms with E-state index >= 15 is 0 Å². The fourth-order valence-corrected chi connectivity index (χ4v) is 1.03. The van der Waals surface area contributed by atoms with E-state index in [9.17, 15) is 13.2 Å². The van der Waals surface area contributed by atoms with E-state index in [1.54, 1.807) is 0 Å². The summed E-state index contributed by atoms with van der Waals surface area (Å²) in [4.78, 5) is 10.2. The van der Waals surface area contributed by atoms with Gasteiger partial charge >= 0.3 is 29.6 Å². The third-order valence-corrected chi connectivity index (χ3v) is 1.76. The third kappa shape index (κ3) is 13.0. The molecule has 0 radical (unpaired) electrons. The first-order valence-corrected chi connectivity index (χ1v) is 4.72. The molecule has 0 atom stereocenters. The predicted octanol–water partition coefficient (Wildman–Crippen LogP) is -1.25. The molecule has 0 bridgehead atoms. The maximum atomic E-state index is 10.2. The van der Waals surface area contributed by atoms with E-state index in [2.05, 4.69) is 5.32 Å². The number of carbonyl (C=O) groups excluding carboxylic acids is 1. The van der Waals surface area contributed by atoms with Gasteiger partial charge in [-0.2, -0.15) is 8.42 Å². The molecule has 0 aliphatic rings. The summed E-state index contributed by atoms with van der Waals surface area (Å²) in [7, 11) is -3.87. The molecule has 0 fully saturated rings. The van der Waals surface area contributed by atoms with Crippen molar-refractivity contribution < 1.29 is 17.8 Å². The van der Waals surface area contributed by atoms with Crippen LogP contribution in [0.3, 0.4) is 0 Å². The first kappa shape index (κ1) is 14.9.